The molecule has 0 bridgehead atoms. The molecule has 140 valence electrons. The fraction of sp³-hybridized carbons (Fsp3) is 0.333. The minimum absolute atomic E-state index is 0.0284. The number of rotatable bonds is 3. The van der Waals surface area contributed by atoms with Gasteiger partial charge in [0, 0.05) is 24.5 Å². The highest BCUT2D eigenvalue weighted by Gasteiger charge is 2.32. The molecular formula is C21H22ClN3O2. The zero-order chi connectivity index (χ0) is 18.8. The van der Waals surface area contributed by atoms with E-state index in [4.69, 9.17) is 11.6 Å². The molecule has 2 saturated heterocycles. The fourth-order valence-corrected chi connectivity index (χ4v) is 4.24. The molecule has 0 spiro atoms. The number of benzene rings is 2. The average Bonchev–Trinajstić information content (AvgIpc) is 3.32. The molecule has 2 aromatic rings. The SMILES string of the molecule is O=C1CCCN1c1ccccc1NC(=O)N1CCCC1c1ccccc1Cl. The average molecular weight is 384 g/mol. The van der Waals surface area contributed by atoms with Crippen molar-refractivity contribution in [2.45, 2.75) is 31.7 Å². The normalized spacial score (nSPS) is 19.6. The standard InChI is InChI=1S/C21H22ClN3O2/c22-16-8-2-1-7-15(16)18-11-5-14-25(18)21(27)23-17-9-3-4-10-19(17)24-13-6-12-20(24)26/h1-4,7-10,18H,5-6,11-14H2,(H,23,27). The quantitative estimate of drug-likeness (QED) is 0.824. The summed E-state index contributed by atoms with van der Waals surface area (Å²) in [5.74, 6) is 0.104. The number of nitrogens with zero attached hydrogens (tertiary/aromatic N) is 2. The Morgan fingerprint density at radius 2 is 1.81 bits per heavy atom. The predicted molar refractivity (Wildman–Crippen MR) is 107 cm³/mol. The van der Waals surface area contributed by atoms with Crippen LogP contribution in [0.1, 0.15) is 37.3 Å². The van der Waals surface area contributed by atoms with Crippen LogP contribution in [-0.2, 0) is 4.79 Å². The molecule has 0 aromatic heterocycles. The van der Waals surface area contributed by atoms with E-state index in [9.17, 15) is 9.59 Å². The summed E-state index contributed by atoms with van der Waals surface area (Å²) in [5, 5.41) is 3.70. The Hall–Kier alpha value is -2.53. The third-order valence-corrected chi connectivity index (χ3v) is 5.63. The highest BCUT2D eigenvalue weighted by Crippen LogP contribution is 2.37. The third-order valence-electron chi connectivity index (χ3n) is 5.29. The van der Waals surface area contributed by atoms with Gasteiger partial charge in [0.05, 0.1) is 17.4 Å². The van der Waals surface area contributed by atoms with Gasteiger partial charge in [-0.1, -0.05) is 41.9 Å². The molecular weight excluding hydrogens is 362 g/mol. The first-order chi connectivity index (χ1) is 13.1. The molecule has 0 radical (unpaired) electrons. The lowest BCUT2D eigenvalue weighted by Crippen LogP contribution is -2.35. The van der Waals surface area contributed by atoms with Crippen LogP contribution in [0.4, 0.5) is 16.2 Å². The minimum atomic E-state index is -0.156. The van der Waals surface area contributed by atoms with Crippen molar-refractivity contribution in [3.8, 4) is 0 Å². The van der Waals surface area contributed by atoms with Crippen LogP contribution < -0.4 is 10.2 Å². The summed E-state index contributed by atoms with van der Waals surface area (Å²) in [6.45, 7) is 1.38. The van der Waals surface area contributed by atoms with Gasteiger partial charge < -0.3 is 15.1 Å². The number of hydrogen-bond acceptors (Lipinski definition) is 2. The van der Waals surface area contributed by atoms with E-state index >= 15 is 0 Å². The number of carbonyl (C=O) groups excluding carboxylic acids is 2. The maximum Gasteiger partial charge on any atom is 0.322 e. The molecule has 3 amide bonds. The summed E-state index contributed by atoms with van der Waals surface area (Å²) in [6.07, 6.45) is 3.24. The van der Waals surface area contributed by atoms with E-state index in [1.165, 1.54) is 0 Å². The van der Waals surface area contributed by atoms with Crippen LogP contribution in [0.2, 0.25) is 5.02 Å². The van der Waals surface area contributed by atoms with Crippen molar-refractivity contribution in [1.29, 1.82) is 0 Å². The van der Waals surface area contributed by atoms with E-state index in [2.05, 4.69) is 5.32 Å². The number of amides is 3. The molecule has 4 rings (SSSR count). The first-order valence-electron chi connectivity index (χ1n) is 9.36. The van der Waals surface area contributed by atoms with Crippen molar-refractivity contribution in [3.63, 3.8) is 0 Å². The van der Waals surface area contributed by atoms with Crippen LogP contribution >= 0.6 is 11.6 Å². The minimum Gasteiger partial charge on any atom is -0.317 e. The van der Waals surface area contributed by atoms with Crippen molar-refractivity contribution in [1.82, 2.24) is 4.90 Å². The second kappa shape index (κ2) is 7.61. The number of nitrogens with one attached hydrogen (secondary N) is 1. The Balaban J connectivity index is 1.56. The van der Waals surface area contributed by atoms with Crippen LogP contribution in [0.15, 0.2) is 48.5 Å². The summed E-state index contributed by atoms with van der Waals surface area (Å²) in [7, 11) is 0. The lowest BCUT2D eigenvalue weighted by Gasteiger charge is -2.27. The molecule has 2 fully saturated rings. The van der Waals surface area contributed by atoms with Crippen molar-refractivity contribution in [2.75, 3.05) is 23.3 Å². The Morgan fingerprint density at radius 1 is 1.04 bits per heavy atom. The summed E-state index contributed by atoms with van der Waals surface area (Å²) in [5.41, 5.74) is 2.42. The number of anilines is 2. The number of likely N-dealkylation sites (tertiary alicyclic amines) is 1. The number of carbonyl (C=O) groups is 2. The third kappa shape index (κ3) is 3.52. The Kier molecular flexibility index (Phi) is 5.03. The largest absolute Gasteiger partial charge is 0.322 e. The van der Waals surface area contributed by atoms with E-state index < -0.39 is 0 Å². The molecule has 2 aliphatic rings. The molecule has 5 nitrogen and oxygen atoms in total. The number of urea groups is 1. The Bertz CT molecular complexity index is 870. The number of halogens is 1. The fourth-order valence-electron chi connectivity index (χ4n) is 3.98. The maximum absolute atomic E-state index is 13.0. The molecule has 2 aromatic carbocycles. The molecule has 1 unspecified atom stereocenters. The molecule has 0 aliphatic carbocycles. The van der Waals surface area contributed by atoms with Crippen LogP contribution in [0.3, 0.4) is 0 Å². The molecule has 2 aliphatic heterocycles. The lowest BCUT2D eigenvalue weighted by atomic mass is 10.0. The summed E-state index contributed by atoms with van der Waals surface area (Å²) >= 11 is 6.36. The van der Waals surface area contributed by atoms with Crippen molar-refractivity contribution in [3.05, 3.63) is 59.1 Å². The van der Waals surface area contributed by atoms with E-state index in [0.29, 0.717) is 30.2 Å². The first kappa shape index (κ1) is 17.9. The summed E-state index contributed by atoms with van der Waals surface area (Å²) in [4.78, 5) is 28.8. The zero-order valence-corrected chi connectivity index (χ0v) is 15.8. The Labute approximate surface area is 163 Å². The van der Waals surface area contributed by atoms with E-state index in [1.54, 1.807) is 4.90 Å². The van der Waals surface area contributed by atoms with Crippen molar-refractivity contribution in [2.24, 2.45) is 0 Å². The van der Waals surface area contributed by atoms with Gasteiger partial charge in [-0.3, -0.25) is 4.79 Å². The monoisotopic (exact) mass is 383 g/mol. The van der Waals surface area contributed by atoms with Crippen molar-refractivity contribution < 1.29 is 9.59 Å². The highest BCUT2D eigenvalue weighted by atomic mass is 35.5. The predicted octanol–water partition coefficient (Wildman–Crippen LogP) is 4.84. The van der Waals surface area contributed by atoms with Gasteiger partial charge in [-0.05, 0) is 43.0 Å². The lowest BCUT2D eigenvalue weighted by molar-refractivity contribution is -0.117. The molecule has 1 atom stereocenters. The summed E-state index contributed by atoms with van der Waals surface area (Å²) < 4.78 is 0. The molecule has 6 heteroatoms. The van der Waals surface area contributed by atoms with Gasteiger partial charge in [0.25, 0.3) is 0 Å². The van der Waals surface area contributed by atoms with E-state index in [0.717, 1.165) is 30.5 Å². The van der Waals surface area contributed by atoms with Crippen LogP contribution in [0.5, 0.6) is 0 Å². The molecule has 27 heavy (non-hydrogen) atoms. The molecule has 1 N–H and O–H groups in total. The zero-order valence-electron chi connectivity index (χ0n) is 15.0. The van der Waals surface area contributed by atoms with Gasteiger partial charge in [-0.15, -0.1) is 0 Å². The van der Waals surface area contributed by atoms with Gasteiger partial charge in [-0.25, -0.2) is 4.79 Å². The topological polar surface area (TPSA) is 52.7 Å². The van der Waals surface area contributed by atoms with Gasteiger partial charge in [-0.2, -0.15) is 0 Å². The van der Waals surface area contributed by atoms with Gasteiger partial charge in [0.15, 0.2) is 0 Å². The first-order valence-corrected chi connectivity index (χ1v) is 9.74. The molecule has 2 heterocycles. The second-order valence-corrected chi connectivity index (χ2v) is 7.38. The smallest absolute Gasteiger partial charge is 0.317 e. The van der Waals surface area contributed by atoms with Gasteiger partial charge in [0.2, 0.25) is 5.91 Å². The van der Waals surface area contributed by atoms with Gasteiger partial charge >= 0.3 is 6.03 Å². The van der Waals surface area contributed by atoms with Crippen molar-refractivity contribution >= 4 is 34.9 Å². The maximum atomic E-state index is 13.0. The Morgan fingerprint density at radius 3 is 2.59 bits per heavy atom. The van der Waals surface area contributed by atoms with Crippen LogP contribution in [0, 0.1) is 0 Å². The van der Waals surface area contributed by atoms with Crippen LogP contribution in [0.25, 0.3) is 0 Å². The highest BCUT2D eigenvalue weighted by molar-refractivity contribution is 6.31. The molecule has 0 saturated carbocycles. The van der Waals surface area contributed by atoms with E-state index in [1.807, 2.05) is 53.4 Å². The number of para-hydroxylation sites is 2. The number of hydrogen-bond donors (Lipinski definition) is 1. The van der Waals surface area contributed by atoms with Gasteiger partial charge in [0.1, 0.15) is 0 Å². The second-order valence-electron chi connectivity index (χ2n) is 6.97. The van der Waals surface area contributed by atoms with E-state index in [-0.39, 0.29) is 18.0 Å². The summed E-state index contributed by atoms with van der Waals surface area (Å²) in [6, 6.07) is 15.0. The van der Waals surface area contributed by atoms with Crippen LogP contribution in [-0.4, -0.2) is 29.9 Å².